The van der Waals surface area contributed by atoms with Gasteiger partial charge in [0.25, 0.3) is 0 Å². The average Bonchev–Trinajstić information content (AvgIpc) is 2.25. The molecule has 16 heavy (non-hydrogen) atoms. The lowest BCUT2D eigenvalue weighted by atomic mass is 10.1. The number of benzene rings is 1. The third-order valence-corrected chi connectivity index (χ3v) is 2.21. The number of rotatable bonds is 5. The van der Waals surface area contributed by atoms with Gasteiger partial charge in [0.15, 0.2) is 0 Å². The molecule has 1 rings (SSSR count). The monoisotopic (exact) mass is 223 g/mol. The Balaban J connectivity index is 2.73. The van der Waals surface area contributed by atoms with Gasteiger partial charge in [0.05, 0.1) is 0 Å². The molecule has 1 aromatic rings. The molecule has 1 unspecified atom stereocenters. The minimum Gasteiger partial charge on any atom is -0.480 e. The molecule has 3 N–H and O–H groups in total. The van der Waals surface area contributed by atoms with E-state index >= 15 is 0 Å². The van der Waals surface area contributed by atoms with Gasteiger partial charge in [-0.1, -0.05) is 30.3 Å². The van der Waals surface area contributed by atoms with Crippen LogP contribution in [-0.2, 0) is 9.59 Å². The van der Waals surface area contributed by atoms with Gasteiger partial charge in [-0.05, 0) is 12.5 Å². The first-order valence-electron chi connectivity index (χ1n) is 4.79. The van der Waals surface area contributed by atoms with Crippen molar-refractivity contribution in [2.24, 2.45) is 0 Å². The lowest BCUT2D eigenvalue weighted by Gasteiger charge is -2.17. The summed E-state index contributed by atoms with van der Waals surface area (Å²) in [5.41, 5.74) is 0.843. The topological polar surface area (TPSA) is 86.6 Å². The third-order valence-electron chi connectivity index (χ3n) is 2.21. The van der Waals surface area contributed by atoms with E-state index < -0.39 is 18.0 Å². The summed E-state index contributed by atoms with van der Waals surface area (Å²) in [6.45, 7) is 1.72. The van der Waals surface area contributed by atoms with Gasteiger partial charge in [0, 0.05) is 6.04 Å². The van der Waals surface area contributed by atoms with E-state index in [0.29, 0.717) is 0 Å². The molecule has 0 aliphatic rings. The zero-order valence-corrected chi connectivity index (χ0v) is 8.75. The molecule has 5 heteroatoms. The van der Waals surface area contributed by atoms with Crippen molar-refractivity contribution in [1.82, 2.24) is 5.32 Å². The van der Waals surface area contributed by atoms with Gasteiger partial charge in [-0.15, -0.1) is 0 Å². The molecule has 0 fully saturated rings. The predicted octanol–water partition coefficient (Wildman–Crippen LogP) is 0.875. The van der Waals surface area contributed by atoms with Crippen molar-refractivity contribution in [3.05, 3.63) is 35.9 Å². The molecule has 0 amide bonds. The van der Waals surface area contributed by atoms with Gasteiger partial charge in [-0.3, -0.25) is 5.32 Å². The van der Waals surface area contributed by atoms with Gasteiger partial charge in [0.1, 0.15) is 0 Å². The van der Waals surface area contributed by atoms with Crippen LogP contribution in [0.5, 0.6) is 0 Å². The van der Waals surface area contributed by atoms with E-state index in [-0.39, 0.29) is 6.04 Å². The zero-order chi connectivity index (χ0) is 12.1. The number of carbonyl (C=O) groups is 2. The summed E-state index contributed by atoms with van der Waals surface area (Å²) in [5.74, 6) is -2.79. The normalized spacial score (nSPS) is 12.4. The maximum Gasteiger partial charge on any atom is 0.332 e. The highest BCUT2D eigenvalue weighted by Gasteiger charge is 2.27. The largest absolute Gasteiger partial charge is 0.480 e. The van der Waals surface area contributed by atoms with Gasteiger partial charge in [0.2, 0.25) is 6.04 Å². The van der Waals surface area contributed by atoms with E-state index in [0.717, 1.165) is 5.56 Å². The molecule has 1 aromatic carbocycles. The molecule has 0 spiro atoms. The van der Waals surface area contributed by atoms with Crippen molar-refractivity contribution in [1.29, 1.82) is 0 Å². The molecule has 0 aliphatic carbocycles. The highest BCUT2D eigenvalue weighted by atomic mass is 16.4. The Hall–Kier alpha value is -1.88. The summed E-state index contributed by atoms with van der Waals surface area (Å²) in [5, 5.41) is 19.9. The van der Waals surface area contributed by atoms with Crippen molar-refractivity contribution in [3.63, 3.8) is 0 Å². The van der Waals surface area contributed by atoms with Crippen LogP contribution in [-0.4, -0.2) is 28.2 Å². The van der Waals surface area contributed by atoms with Gasteiger partial charge < -0.3 is 10.2 Å². The van der Waals surface area contributed by atoms with Crippen molar-refractivity contribution in [3.8, 4) is 0 Å². The Morgan fingerprint density at radius 1 is 1.12 bits per heavy atom. The van der Waals surface area contributed by atoms with Crippen LogP contribution in [0.3, 0.4) is 0 Å². The number of nitrogens with one attached hydrogen (secondary N) is 1. The lowest BCUT2D eigenvalue weighted by Crippen LogP contribution is -2.44. The summed E-state index contributed by atoms with van der Waals surface area (Å²) in [6, 6.07) is 7.14. The molecule has 0 saturated carbocycles. The Labute approximate surface area is 92.7 Å². The van der Waals surface area contributed by atoms with Crippen molar-refractivity contribution in [2.45, 2.75) is 19.0 Å². The van der Waals surface area contributed by atoms with Crippen LogP contribution in [0.4, 0.5) is 0 Å². The molecular formula is C11H13NO4. The van der Waals surface area contributed by atoms with Gasteiger partial charge >= 0.3 is 11.9 Å². The second kappa shape index (κ2) is 5.27. The minimum absolute atomic E-state index is 0.335. The number of carboxylic acid groups (broad SMARTS) is 2. The number of hydrogen-bond acceptors (Lipinski definition) is 3. The molecule has 0 bridgehead atoms. The number of carboxylic acids is 2. The van der Waals surface area contributed by atoms with Gasteiger partial charge in [-0.25, -0.2) is 9.59 Å². The van der Waals surface area contributed by atoms with Crippen LogP contribution in [0.15, 0.2) is 30.3 Å². The van der Waals surface area contributed by atoms with E-state index in [4.69, 9.17) is 10.2 Å². The second-order valence-electron chi connectivity index (χ2n) is 3.41. The van der Waals surface area contributed by atoms with Crippen molar-refractivity contribution in [2.75, 3.05) is 0 Å². The first kappa shape index (κ1) is 12.2. The first-order valence-corrected chi connectivity index (χ1v) is 4.79. The molecule has 0 heterocycles. The maximum absolute atomic E-state index is 10.7. The van der Waals surface area contributed by atoms with Crippen molar-refractivity contribution >= 4 is 11.9 Å². The Kier molecular flexibility index (Phi) is 4.02. The summed E-state index contributed by atoms with van der Waals surface area (Å²) in [4.78, 5) is 21.3. The lowest BCUT2D eigenvalue weighted by molar-refractivity contribution is -0.151. The second-order valence-corrected chi connectivity index (χ2v) is 3.41. The van der Waals surface area contributed by atoms with E-state index in [9.17, 15) is 9.59 Å². The van der Waals surface area contributed by atoms with Crippen molar-refractivity contribution < 1.29 is 19.8 Å². The molecule has 0 aromatic heterocycles. The van der Waals surface area contributed by atoms with Crippen LogP contribution in [0.1, 0.15) is 18.5 Å². The predicted molar refractivity (Wildman–Crippen MR) is 57.1 cm³/mol. The summed E-state index contributed by atoms with van der Waals surface area (Å²) in [7, 11) is 0. The molecule has 0 radical (unpaired) electrons. The van der Waals surface area contributed by atoms with E-state index in [2.05, 4.69) is 5.32 Å². The number of hydrogen-bond donors (Lipinski definition) is 3. The van der Waals surface area contributed by atoms with Crippen LogP contribution < -0.4 is 5.32 Å². The minimum atomic E-state index is -1.59. The SMILES string of the molecule is CC(NC(C(=O)O)C(=O)O)c1ccccc1. The maximum atomic E-state index is 10.7. The molecule has 5 nitrogen and oxygen atoms in total. The fraction of sp³-hybridized carbons (Fsp3) is 0.273. The summed E-state index contributed by atoms with van der Waals surface area (Å²) in [6.07, 6.45) is 0. The fourth-order valence-corrected chi connectivity index (χ4v) is 1.34. The van der Waals surface area contributed by atoms with E-state index in [1.165, 1.54) is 0 Å². The standard InChI is InChI=1S/C11H13NO4/c1-7(8-5-3-2-4-6-8)12-9(10(13)14)11(15)16/h2-7,9,12H,1H3,(H,13,14)(H,15,16). The molecule has 0 aliphatic heterocycles. The smallest absolute Gasteiger partial charge is 0.332 e. The number of aliphatic carboxylic acids is 2. The molecule has 0 saturated heterocycles. The Morgan fingerprint density at radius 2 is 1.62 bits per heavy atom. The Morgan fingerprint density at radius 3 is 2.06 bits per heavy atom. The molecule has 86 valence electrons. The van der Waals surface area contributed by atoms with E-state index in [1.54, 1.807) is 19.1 Å². The van der Waals surface area contributed by atoms with Crippen LogP contribution in [0.2, 0.25) is 0 Å². The highest BCUT2D eigenvalue weighted by molar-refractivity contribution is 5.97. The van der Waals surface area contributed by atoms with Crippen LogP contribution in [0, 0.1) is 0 Å². The summed E-state index contributed by atoms with van der Waals surface area (Å²) >= 11 is 0. The molecular weight excluding hydrogens is 210 g/mol. The summed E-state index contributed by atoms with van der Waals surface area (Å²) < 4.78 is 0. The average molecular weight is 223 g/mol. The van der Waals surface area contributed by atoms with Crippen LogP contribution in [0.25, 0.3) is 0 Å². The van der Waals surface area contributed by atoms with Gasteiger partial charge in [-0.2, -0.15) is 0 Å². The fourth-order valence-electron chi connectivity index (χ4n) is 1.34. The molecule has 1 atom stereocenters. The first-order chi connectivity index (χ1) is 7.52. The van der Waals surface area contributed by atoms with Crippen LogP contribution >= 0.6 is 0 Å². The zero-order valence-electron chi connectivity index (χ0n) is 8.75. The van der Waals surface area contributed by atoms with E-state index in [1.807, 2.05) is 18.2 Å². The highest BCUT2D eigenvalue weighted by Crippen LogP contribution is 2.11. The Bertz CT molecular complexity index is 363. The quantitative estimate of drug-likeness (QED) is 0.645. The third kappa shape index (κ3) is 3.06.